The van der Waals surface area contributed by atoms with Crippen molar-refractivity contribution in [2.75, 3.05) is 11.1 Å². The van der Waals surface area contributed by atoms with E-state index in [9.17, 15) is 0 Å². The Morgan fingerprint density at radius 1 is 1.42 bits per heavy atom. The molecule has 0 N–H and O–H groups in total. The van der Waals surface area contributed by atoms with E-state index >= 15 is 0 Å². The van der Waals surface area contributed by atoms with Gasteiger partial charge in [-0.3, -0.25) is 0 Å². The van der Waals surface area contributed by atoms with Gasteiger partial charge in [-0.1, -0.05) is 27.7 Å². The SMILES string of the molecule is Cc1nnc(SCCCCBr)o1. The van der Waals surface area contributed by atoms with Gasteiger partial charge in [-0.25, -0.2) is 0 Å². The molecule has 0 aliphatic carbocycles. The summed E-state index contributed by atoms with van der Waals surface area (Å²) >= 11 is 5.00. The van der Waals surface area contributed by atoms with Gasteiger partial charge in [0.1, 0.15) is 0 Å². The highest BCUT2D eigenvalue weighted by atomic mass is 79.9. The van der Waals surface area contributed by atoms with Crippen molar-refractivity contribution in [3.8, 4) is 0 Å². The third-order valence-electron chi connectivity index (χ3n) is 1.26. The maximum atomic E-state index is 5.19. The molecule has 0 saturated heterocycles. The Labute approximate surface area is 84.4 Å². The predicted molar refractivity (Wildman–Crippen MR) is 52.8 cm³/mol. The number of aromatic nitrogens is 2. The average molecular weight is 251 g/mol. The molecule has 0 radical (unpaired) electrons. The standard InChI is InChI=1S/C7H11BrN2OS/c1-6-9-10-7(11-6)12-5-3-2-4-8/h2-5H2,1H3. The summed E-state index contributed by atoms with van der Waals surface area (Å²) in [4.78, 5) is 0. The lowest BCUT2D eigenvalue weighted by atomic mass is 10.4. The van der Waals surface area contributed by atoms with Crippen LogP contribution in [0.4, 0.5) is 0 Å². The molecular weight excluding hydrogens is 240 g/mol. The highest BCUT2D eigenvalue weighted by Gasteiger charge is 2.01. The summed E-state index contributed by atoms with van der Waals surface area (Å²) < 4.78 is 5.19. The lowest BCUT2D eigenvalue weighted by molar-refractivity contribution is 0.429. The normalized spacial score (nSPS) is 10.5. The Bertz CT molecular complexity index is 229. The molecule has 0 atom stereocenters. The van der Waals surface area contributed by atoms with Crippen LogP contribution in [0.2, 0.25) is 0 Å². The fraction of sp³-hybridized carbons (Fsp3) is 0.714. The summed E-state index contributed by atoms with van der Waals surface area (Å²) in [5, 5.41) is 9.37. The van der Waals surface area contributed by atoms with Crippen LogP contribution < -0.4 is 0 Å². The molecule has 5 heteroatoms. The second kappa shape index (κ2) is 5.59. The highest BCUT2D eigenvalue weighted by Crippen LogP contribution is 2.17. The number of alkyl halides is 1. The van der Waals surface area contributed by atoms with Gasteiger partial charge in [-0.15, -0.1) is 10.2 Å². The summed E-state index contributed by atoms with van der Waals surface area (Å²) in [7, 11) is 0. The average Bonchev–Trinajstić information content (AvgIpc) is 2.45. The van der Waals surface area contributed by atoms with Gasteiger partial charge in [-0.05, 0) is 12.8 Å². The van der Waals surface area contributed by atoms with Crippen molar-refractivity contribution in [1.82, 2.24) is 10.2 Å². The fourth-order valence-corrected chi connectivity index (χ4v) is 1.89. The molecule has 1 aromatic heterocycles. The molecule has 0 fully saturated rings. The number of thioether (sulfide) groups is 1. The lowest BCUT2D eigenvalue weighted by Crippen LogP contribution is -1.81. The smallest absolute Gasteiger partial charge is 0.276 e. The fourth-order valence-electron chi connectivity index (χ4n) is 0.693. The van der Waals surface area contributed by atoms with Crippen LogP contribution in [-0.4, -0.2) is 21.3 Å². The molecule has 0 aromatic carbocycles. The van der Waals surface area contributed by atoms with E-state index in [2.05, 4.69) is 26.1 Å². The van der Waals surface area contributed by atoms with Crippen molar-refractivity contribution in [2.24, 2.45) is 0 Å². The van der Waals surface area contributed by atoms with E-state index in [1.807, 2.05) is 0 Å². The second-order valence-electron chi connectivity index (χ2n) is 2.33. The first-order valence-electron chi connectivity index (χ1n) is 3.82. The van der Waals surface area contributed by atoms with E-state index in [-0.39, 0.29) is 0 Å². The first kappa shape index (κ1) is 10.1. The quantitative estimate of drug-likeness (QED) is 0.458. The van der Waals surface area contributed by atoms with E-state index < -0.39 is 0 Å². The number of hydrogen-bond donors (Lipinski definition) is 0. The van der Waals surface area contributed by atoms with E-state index in [4.69, 9.17) is 4.42 Å². The van der Waals surface area contributed by atoms with Crippen molar-refractivity contribution >= 4 is 27.7 Å². The summed E-state index contributed by atoms with van der Waals surface area (Å²) in [6, 6.07) is 0. The third-order valence-corrected chi connectivity index (χ3v) is 2.73. The number of nitrogens with zero attached hydrogens (tertiary/aromatic N) is 2. The lowest BCUT2D eigenvalue weighted by Gasteiger charge is -1.93. The summed E-state index contributed by atoms with van der Waals surface area (Å²) in [5.41, 5.74) is 0. The third kappa shape index (κ3) is 3.58. The molecular formula is C7H11BrN2OS. The van der Waals surface area contributed by atoms with Crippen LogP contribution >= 0.6 is 27.7 Å². The van der Waals surface area contributed by atoms with Crippen molar-refractivity contribution in [3.63, 3.8) is 0 Å². The van der Waals surface area contributed by atoms with Gasteiger partial charge in [0, 0.05) is 18.0 Å². The van der Waals surface area contributed by atoms with Crippen LogP contribution in [0.15, 0.2) is 9.64 Å². The monoisotopic (exact) mass is 250 g/mol. The van der Waals surface area contributed by atoms with Crippen LogP contribution in [0.3, 0.4) is 0 Å². The first-order valence-corrected chi connectivity index (χ1v) is 5.92. The Balaban J connectivity index is 2.15. The minimum atomic E-state index is 0.637. The molecule has 0 saturated carbocycles. The topological polar surface area (TPSA) is 38.9 Å². The maximum absolute atomic E-state index is 5.19. The molecule has 0 aliphatic heterocycles. The molecule has 1 aromatic rings. The van der Waals surface area contributed by atoms with Gasteiger partial charge >= 0.3 is 0 Å². The Morgan fingerprint density at radius 2 is 2.25 bits per heavy atom. The van der Waals surface area contributed by atoms with E-state index in [1.54, 1.807) is 18.7 Å². The summed E-state index contributed by atoms with van der Waals surface area (Å²) in [6.07, 6.45) is 2.37. The minimum absolute atomic E-state index is 0.637. The molecule has 0 aliphatic rings. The van der Waals surface area contributed by atoms with Gasteiger partial charge in [0.05, 0.1) is 0 Å². The zero-order chi connectivity index (χ0) is 8.81. The molecule has 1 rings (SSSR count). The van der Waals surface area contributed by atoms with Crippen molar-refractivity contribution in [3.05, 3.63) is 5.89 Å². The predicted octanol–water partition coefficient (Wildman–Crippen LogP) is 2.65. The Morgan fingerprint density at radius 3 is 2.83 bits per heavy atom. The van der Waals surface area contributed by atoms with Crippen LogP contribution in [0.25, 0.3) is 0 Å². The largest absolute Gasteiger partial charge is 0.416 e. The number of unbranched alkanes of at least 4 members (excludes halogenated alkanes) is 1. The van der Waals surface area contributed by atoms with Crippen LogP contribution in [0.5, 0.6) is 0 Å². The number of hydrogen-bond acceptors (Lipinski definition) is 4. The summed E-state index contributed by atoms with van der Waals surface area (Å²) in [6.45, 7) is 1.80. The van der Waals surface area contributed by atoms with Gasteiger partial charge in [-0.2, -0.15) is 0 Å². The van der Waals surface area contributed by atoms with Crippen molar-refractivity contribution in [1.29, 1.82) is 0 Å². The minimum Gasteiger partial charge on any atom is -0.416 e. The van der Waals surface area contributed by atoms with Gasteiger partial charge in [0.25, 0.3) is 5.22 Å². The number of aryl methyl sites for hydroxylation is 1. The van der Waals surface area contributed by atoms with Gasteiger partial charge in [0.2, 0.25) is 5.89 Å². The second-order valence-corrected chi connectivity index (χ2v) is 4.17. The Hall–Kier alpha value is -0.0300. The van der Waals surface area contributed by atoms with E-state index in [0.717, 1.165) is 11.1 Å². The zero-order valence-corrected chi connectivity index (χ0v) is 9.32. The molecule has 68 valence electrons. The number of rotatable bonds is 5. The first-order chi connectivity index (χ1) is 5.83. The van der Waals surface area contributed by atoms with Crippen LogP contribution in [-0.2, 0) is 0 Å². The van der Waals surface area contributed by atoms with Crippen LogP contribution in [0, 0.1) is 6.92 Å². The Kier molecular flexibility index (Phi) is 4.68. The molecule has 0 amide bonds. The maximum Gasteiger partial charge on any atom is 0.276 e. The van der Waals surface area contributed by atoms with Crippen molar-refractivity contribution in [2.45, 2.75) is 25.0 Å². The van der Waals surface area contributed by atoms with Crippen LogP contribution in [0.1, 0.15) is 18.7 Å². The van der Waals surface area contributed by atoms with E-state index in [1.165, 1.54) is 12.8 Å². The molecule has 0 spiro atoms. The van der Waals surface area contributed by atoms with Crippen molar-refractivity contribution < 1.29 is 4.42 Å². The van der Waals surface area contributed by atoms with E-state index in [0.29, 0.717) is 11.1 Å². The zero-order valence-electron chi connectivity index (χ0n) is 6.92. The van der Waals surface area contributed by atoms with Gasteiger partial charge < -0.3 is 4.42 Å². The molecule has 0 unspecified atom stereocenters. The highest BCUT2D eigenvalue weighted by molar-refractivity contribution is 9.09. The number of halogens is 1. The molecule has 3 nitrogen and oxygen atoms in total. The molecule has 12 heavy (non-hydrogen) atoms. The molecule has 0 bridgehead atoms. The molecule has 1 heterocycles. The summed E-state index contributed by atoms with van der Waals surface area (Å²) in [5.74, 6) is 1.69. The van der Waals surface area contributed by atoms with Gasteiger partial charge in [0.15, 0.2) is 0 Å².